The Morgan fingerprint density at radius 1 is 0.318 bits per heavy atom. The summed E-state index contributed by atoms with van der Waals surface area (Å²) in [6, 6.07) is 78.0. The lowest BCUT2D eigenvalue weighted by Gasteiger charge is -2.18. The molecule has 2 heterocycles. The van der Waals surface area contributed by atoms with Crippen molar-refractivity contribution in [2.75, 3.05) is 11.5 Å². The Balaban J connectivity index is 0.000000146. The van der Waals surface area contributed by atoms with E-state index in [9.17, 15) is 0 Å². The molecule has 0 atom stereocenters. The summed E-state index contributed by atoms with van der Waals surface area (Å²) >= 11 is 4.07. The number of hydrogen-bond acceptors (Lipinski definition) is 2. The Morgan fingerprint density at radius 3 is 0.894 bits per heavy atom. The monoisotopic (exact) mass is 918 g/mol. The minimum Gasteiger partial charge on any atom is -0.158 e. The summed E-state index contributed by atoms with van der Waals surface area (Å²) in [6.07, 6.45) is 0. The first kappa shape index (κ1) is 43.0. The van der Waals surface area contributed by atoms with E-state index in [4.69, 9.17) is 0 Å². The van der Waals surface area contributed by atoms with Crippen LogP contribution in [0.3, 0.4) is 0 Å². The highest BCUT2D eigenvalue weighted by atomic mass is 32.2. The summed E-state index contributed by atoms with van der Waals surface area (Å²) in [7, 11) is -1.59. The van der Waals surface area contributed by atoms with Crippen LogP contribution < -0.4 is 10.4 Å². The Labute approximate surface area is 402 Å². The SMILES string of the molecule is CCSCc1ccccc1[Si]1Cc2ccc3ccccc3c2-c2c(ccc3ccccc23)C1.CCSCc1ccccc1[Si]1Cc2ccc3ccccc3c2-c2c(ccc3ccccc23)C1. The van der Waals surface area contributed by atoms with Crippen LogP contribution in [0.4, 0.5) is 0 Å². The molecule has 12 rings (SSSR count). The zero-order chi connectivity index (χ0) is 44.4. The van der Waals surface area contributed by atoms with Crippen LogP contribution in [0.5, 0.6) is 0 Å². The molecule has 0 unspecified atom stereocenters. The first-order chi connectivity index (χ1) is 32.7. The zero-order valence-corrected chi connectivity index (χ0v) is 41.6. The third-order valence-electron chi connectivity index (χ3n) is 13.9. The highest BCUT2D eigenvalue weighted by Crippen LogP contribution is 2.44. The minimum absolute atomic E-state index is 0.794. The summed E-state index contributed by atoms with van der Waals surface area (Å²) in [6.45, 7) is 4.52. The van der Waals surface area contributed by atoms with Crippen molar-refractivity contribution in [1.82, 2.24) is 0 Å². The maximum Gasteiger partial charge on any atom is 0.0951 e. The molecule has 66 heavy (non-hydrogen) atoms. The molecule has 0 saturated carbocycles. The van der Waals surface area contributed by atoms with Crippen LogP contribution in [0, 0.1) is 0 Å². The van der Waals surface area contributed by atoms with Gasteiger partial charge in [-0.15, -0.1) is 0 Å². The highest BCUT2D eigenvalue weighted by molar-refractivity contribution is 7.98. The van der Waals surface area contributed by atoms with Gasteiger partial charge in [0.05, 0.1) is 17.6 Å². The van der Waals surface area contributed by atoms with Gasteiger partial charge >= 0.3 is 0 Å². The molecule has 322 valence electrons. The van der Waals surface area contributed by atoms with Gasteiger partial charge in [-0.1, -0.05) is 218 Å². The van der Waals surface area contributed by atoms with Crippen LogP contribution in [-0.2, 0) is 35.7 Å². The second-order valence-electron chi connectivity index (χ2n) is 17.8. The molecule has 2 aliphatic rings. The van der Waals surface area contributed by atoms with Crippen molar-refractivity contribution in [2.45, 2.75) is 49.5 Å². The van der Waals surface area contributed by atoms with Gasteiger partial charge in [-0.25, -0.2) is 0 Å². The van der Waals surface area contributed by atoms with E-state index in [0.717, 1.165) is 11.5 Å². The van der Waals surface area contributed by atoms with Gasteiger partial charge in [-0.2, -0.15) is 23.5 Å². The largest absolute Gasteiger partial charge is 0.158 e. The number of rotatable bonds is 8. The van der Waals surface area contributed by atoms with Gasteiger partial charge < -0.3 is 0 Å². The zero-order valence-electron chi connectivity index (χ0n) is 37.9. The second-order valence-corrected chi connectivity index (χ2v) is 25.2. The van der Waals surface area contributed by atoms with Crippen molar-refractivity contribution in [3.63, 3.8) is 0 Å². The van der Waals surface area contributed by atoms with Crippen molar-refractivity contribution in [3.05, 3.63) is 228 Å². The average Bonchev–Trinajstić information content (AvgIpc) is 3.67. The molecule has 10 aromatic rings. The molecule has 0 aliphatic carbocycles. The number of thioether (sulfide) groups is 2. The fourth-order valence-corrected chi connectivity index (χ4v) is 18.4. The lowest BCUT2D eigenvalue weighted by molar-refractivity contribution is 1.31. The van der Waals surface area contributed by atoms with Crippen LogP contribution in [0.1, 0.15) is 47.2 Å². The lowest BCUT2D eigenvalue weighted by Crippen LogP contribution is -2.37. The highest BCUT2D eigenvalue weighted by Gasteiger charge is 2.29. The molecule has 0 saturated heterocycles. The summed E-state index contributed by atoms with van der Waals surface area (Å²) in [5.74, 6) is 4.58. The molecule has 4 heteroatoms. The molecule has 0 N–H and O–H groups in total. The normalized spacial score (nSPS) is 13.6. The molecule has 0 nitrogen and oxygen atoms in total. The molecular weight excluding hydrogens is 865 g/mol. The predicted octanol–water partition coefficient (Wildman–Crippen LogP) is 15.0. The molecule has 0 amide bonds. The van der Waals surface area contributed by atoms with Crippen LogP contribution >= 0.6 is 23.5 Å². The fourth-order valence-electron chi connectivity index (χ4n) is 10.9. The summed E-state index contributed by atoms with van der Waals surface area (Å²) in [5.41, 5.74) is 15.1. The topological polar surface area (TPSA) is 0 Å². The molecule has 2 radical (unpaired) electrons. The van der Waals surface area contributed by atoms with E-state index in [2.05, 4.69) is 208 Å². The molecule has 0 aromatic heterocycles. The maximum absolute atomic E-state index is 2.42. The van der Waals surface area contributed by atoms with Gasteiger partial charge in [0, 0.05) is 11.5 Å². The van der Waals surface area contributed by atoms with E-state index in [0.29, 0.717) is 0 Å². The van der Waals surface area contributed by atoms with Crippen LogP contribution in [0.2, 0.25) is 0 Å². The van der Waals surface area contributed by atoms with Crippen LogP contribution in [0.15, 0.2) is 194 Å². The van der Waals surface area contributed by atoms with Gasteiger partial charge in [0.25, 0.3) is 0 Å². The molecule has 0 fully saturated rings. The number of hydrogen-bond donors (Lipinski definition) is 0. The first-order valence-corrected chi connectivity index (χ1v) is 29.8. The standard InChI is InChI=1S/2C31H27SSi/c2*1-2-32-19-24-11-5-8-14-29(24)33-20-25-17-15-22-9-3-6-12-27(22)30(25)31-26(21-33)18-16-23-10-4-7-13-28(23)31/h2*3-18H,2,19-21H2,1H3. The Morgan fingerprint density at radius 2 is 0.591 bits per heavy atom. The van der Waals surface area contributed by atoms with Crippen molar-refractivity contribution < 1.29 is 0 Å². The third kappa shape index (κ3) is 8.28. The van der Waals surface area contributed by atoms with E-state index in [1.807, 2.05) is 23.5 Å². The van der Waals surface area contributed by atoms with Gasteiger partial charge in [-0.05, 0) is 134 Å². The fraction of sp³-hybridized carbons (Fsp3) is 0.161. The van der Waals surface area contributed by atoms with Crippen molar-refractivity contribution in [1.29, 1.82) is 0 Å². The predicted molar refractivity (Wildman–Crippen MR) is 296 cm³/mol. The number of benzene rings is 10. The Hall–Kier alpha value is -5.63. The lowest BCUT2D eigenvalue weighted by atomic mass is 9.88. The summed E-state index contributed by atoms with van der Waals surface area (Å²) in [4.78, 5) is 0. The van der Waals surface area contributed by atoms with Crippen molar-refractivity contribution in [2.24, 2.45) is 0 Å². The van der Waals surface area contributed by atoms with E-state index in [-0.39, 0.29) is 0 Å². The van der Waals surface area contributed by atoms with Gasteiger partial charge in [-0.3, -0.25) is 0 Å². The Kier molecular flexibility index (Phi) is 12.6. The summed E-state index contributed by atoms with van der Waals surface area (Å²) < 4.78 is 0. The Bertz CT molecular complexity index is 2990. The van der Waals surface area contributed by atoms with Crippen molar-refractivity contribution in [3.8, 4) is 22.3 Å². The molecule has 0 bridgehead atoms. The van der Waals surface area contributed by atoms with Crippen molar-refractivity contribution >= 4 is 94.6 Å². The molecule has 10 aromatic carbocycles. The van der Waals surface area contributed by atoms with Gasteiger partial charge in [0.15, 0.2) is 0 Å². The number of fused-ring (bicyclic) bond motifs is 14. The quantitative estimate of drug-likeness (QED) is 0.139. The molecule has 2 aliphatic heterocycles. The van der Waals surface area contributed by atoms with E-state index in [1.165, 1.54) is 123 Å². The smallest absolute Gasteiger partial charge is 0.0951 e. The van der Waals surface area contributed by atoms with Gasteiger partial charge in [0.1, 0.15) is 0 Å². The first-order valence-electron chi connectivity index (χ1n) is 23.7. The third-order valence-corrected chi connectivity index (χ3v) is 21.5. The van der Waals surface area contributed by atoms with Crippen LogP contribution in [0.25, 0.3) is 65.3 Å². The average molecular weight is 919 g/mol. The van der Waals surface area contributed by atoms with E-state index in [1.54, 1.807) is 21.5 Å². The van der Waals surface area contributed by atoms with E-state index < -0.39 is 17.6 Å². The molecule has 0 spiro atoms. The summed E-state index contributed by atoms with van der Waals surface area (Å²) in [5, 5.41) is 14.2. The van der Waals surface area contributed by atoms with Crippen LogP contribution in [-0.4, -0.2) is 29.1 Å². The minimum atomic E-state index is -0.794. The maximum atomic E-state index is 2.42. The van der Waals surface area contributed by atoms with E-state index >= 15 is 0 Å². The van der Waals surface area contributed by atoms with Gasteiger partial charge in [0.2, 0.25) is 0 Å². The second kappa shape index (κ2) is 19.3. The molecular formula is C62H54S2Si2.